The van der Waals surface area contributed by atoms with Gasteiger partial charge in [-0.3, -0.25) is 9.35 Å². The van der Waals surface area contributed by atoms with Crippen LogP contribution >= 0.6 is 0 Å². The van der Waals surface area contributed by atoms with Gasteiger partial charge in [-0.2, -0.15) is 17.2 Å². The van der Waals surface area contributed by atoms with E-state index in [2.05, 4.69) is 0 Å². The number of aliphatic hydroxyl groups is 1. The predicted molar refractivity (Wildman–Crippen MR) is 83.6 cm³/mol. The van der Waals surface area contributed by atoms with Crippen LogP contribution in [0.2, 0.25) is 0 Å². The third-order valence-electron chi connectivity index (χ3n) is 6.13. The SMILES string of the molecule is O=C(OCCC(F)C(F)(F)S(=O)(=O)O)C12CC3CCC(O)(CC(C3)C1)C2. The molecule has 4 saturated carbocycles. The van der Waals surface area contributed by atoms with Crippen molar-refractivity contribution in [2.24, 2.45) is 17.3 Å². The molecule has 4 fully saturated rings. The summed E-state index contributed by atoms with van der Waals surface area (Å²) < 4.78 is 74.3. The van der Waals surface area contributed by atoms with Gasteiger partial charge in [0.2, 0.25) is 0 Å². The summed E-state index contributed by atoms with van der Waals surface area (Å²) in [6.07, 6.45) is 0.184. The third-order valence-corrected chi connectivity index (χ3v) is 7.07. The van der Waals surface area contributed by atoms with Crippen molar-refractivity contribution in [2.75, 3.05) is 6.61 Å². The standard InChI is InChI=1S/C16H23F3O6S/c17-12(16(18,19)26(22,23)24)2-4-25-13(20)14-6-10-1-3-15(21,9-14)8-11(5-10)7-14/h10-12,21H,1-9H2,(H,22,23,24). The van der Waals surface area contributed by atoms with E-state index in [1.807, 2.05) is 0 Å². The second kappa shape index (κ2) is 6.34. The van der Waals surface area contributed by atoms with Gasteiger partial charge in [0.15, 0.2) is 6.17 Å². The highest BCUT2D eigenvalue weighted by Crippen LogP contribution is 2.59. The molecule has 0 aliphatic heterocycles. The van der Waals surface area contributed by atoms with Gasteiger partial charge in [-0.15, -0.1) is 0 Å². The summed E-state index contributed by atoms with van der Waals surface area (Å²) in [4.78, 5) is 12.6. The number of alkyl halides is 3. The van der Waals surface area contributed by atoms with Crippen molar-refractivity contribution in [1.82, 2.24) is 0 Å². The van der Waals surface area contributed by atoms with Crippen LogP contribution in [0.15, 0.2) is 0 Å². The molecule has 0 aromatic rings. The van der Waals surface area contributed by atoms with Gasteiger partial charge >= 0.3 is 21.3 Å². The summed E-state index contributed by atoms with van der Waals surface area (Å²) in [5, 5.41) is 5.79. The fourth-order valence-electron chi connectivity index (χ4n) is 5.23. The molecule has 2 N–H and O–H groups in total. The number of ether oxygens (including phenoxy) is 1. The van der Waals surface area contributed by atoms with Crippen LogP contribution in [0, 0.1) is 17.3 Å². The number of halogens is 3. The Morgan fingerprint density at radius 1 is 1.27 bits per heavy atom. The smallest absolute Gasteiger partial charge is 0.400 e. The van der Waals surface area contributed by atoms with Gasteiger partial charge in [0, 0.05) is 6.42 Å². The van der Waals surface area contributed by atoms with Crippen LogP contribution in [-0.4, -0.2) is 47.7 Å². The molecule has 0 aromatic carbocycles. The zero-order valence-corrected chi connectivity index (χ0v) is 15.0. The van der Waals surface area contributed by atoms with Crippen molar-refractivity contribution in [3.8, 4) is 0 Å². The lowest BCUT2D eigenvalue weighted by Gasteiger charge is -2.49. The molecule has 6 nitrogen and oxygen atoms in total. The van der Waals surface area contributed by atoms with Crippen LogP contribution < -0.4 is 0 Å². The maximum Gasteiger partial charge on any atom is 0.400 e. The zero-order chi connectivity index (χ0) is 19.4. The molecule has 0 aromatic heterocycles. The monoisotopic (exact) mass is 400 g/mol. The second-order valence-corrected chi connectivity index (χ2v) is 9.72. The molecule has 150 valence electrons. The third kappa shape index (κ3) is 3.47. The highest BCUT2D eigenvalue weighted by Gasteiger charge is 2.58. The van der Waals surface area contributed by atoms with Crippen LogP contribution in [0.1, 0.15) is 51.4 Å². The number of carbonyl (C=O) groups is 1. The van der Waals surface area contributed by atoms with E-state index in [1.54, 1.807) is 0 Å². The molecule has 5 atom stereocenters. The Balaban J connectivity index is 1.62. The van der Waals surface area contributed by atoms with E-state index >= 15 is 0 Å². The van der Waals surface area contributed by atoms with Crippen molar-refractivity contribution in [2.45, 2.75) is 68.4 Å². The Hall–Kier alpha value is -0.870. The summed E-state index contributed by atoms with van der Waals surface area (Å²) in [5.74, 6) is -0.134. The first-order valence-electron chi connectivity index (χ1n) is 8.75. The van der Waals surface area contributed by atoms with E-state index < -0.39 is 51.6 Å². The average Bonchev–Trinajstić information content (AvgIpc) is 2.67. The topological polar surface area (TPSA) is 101 Å². The fraction of sp³-hybridized carbons (Fsp3) is 0.938. The maximum atomic E-state index is 13.5. The van der Waals surface area contributed by atoms with Crippen LogP contribution in [0.5, 0.6) is 0 Å². The maximum absolute atomic E-state index is 13.5. The summed E-state index contributed by atoms with van der Waals surface area (Å²) >= 11 is 0. The quantitative estimate of drug-likeness (QED) is 0.525. The Morgan fingerprint density at radius 3 is 2.58 bits per heavy atom. The lowest BCUT2D eigenvalue weighted by atomic mass is 9.57. The molecule has 0 heterocycles. The molecule has 0 amide bonds. The zero-order valence-electron chi connectivity index (χ0n) is 14.2. The summed E-state index contributed by atoms with van der Waals surface area (Å²) in [5.41, 5.74) is -1.80. The number of carbonyl (C=O) groups excluding carboxylic acids is 1. The van der Waals surface area contributed by atoms with Crippen molar-refractivity contribution < 1.29 is 40.8 Å². The van der Waals surface area contributed by atoms with E-state index in [1.165, 1.54) is 0 Å². The van der Waals surface area contributed by atoms with Crippen molar-refractivity contribution >= 4 is 16.1 Å². The minimum Gasteiger partial charge on any atom is -0.465 e. The van der Waals surface area contributed by atoms with Crippen LogP contribution in [0.4, 0.5) is 13.2 Å². The number of rotatable bonds is 6. The normalized spacial score (nSPS) is 38.0. The molecule has 10 heteroatoms. The van der Waals surface area contributed by atoms with E-state index in [0.717, 1.165) is 12.8 Å². The molecule has 4 bridgehead atoms. The van der Waals surface area contributed by atoms with E-state index in [-0.39, 0.29) is 12.3 Å². The molecule has 5 unspecified atom stereocenters. The number of hydrogen-bond donors (Lipinski definition) is 2. The van der Waals surface area contributed by atoms with Crippen molar-refractivity contribution in [3.63, 3.8) is 0 Å². The van der Waals surface area contributed by atoms with Crippen LogP contribution in [0.25, 0.3) is 0 Å². The highest BCUT2D eigenvalue weighted by atomic mass is 32.2. The lowest BCUT2D eigenvalue weighted by Crippen LogP contribution is -2.50. The minimum absolute atomic E-state index is 0.209. The van der Waals surface area contributed by atoms with Gasteiger partial charge < -0.3 is 9.84 Å². The molecular weight excluding hydrogens is 377 g/mol. The predicted octanol–water partition coefficient (Wildman–Crippen LogP) is 2.46. The Kier molecular flexibility index (Phi) is 4.85. The lowest BCUT2D eigenvalue weighted by molar-refractivity contribution is -0.173. The van der Waals surface area contributed by atoms with Gasteiger partial charge in [-0.25, -0.2) is 4.39 Å². The first-order chi connectivity index (χ1) is 11.9. The first-order valence-corrected chi connectivity index (χ1v) is 10.2. The second-order valence-electron chi connectivity index (χ2n) is 8.23. The largest absolute Gasteiger partial charge is 0.465 e. The Labute approximate surface area is 149 Å². The number of esters is 1. The Morgan fingerprint density at radius 2 is 1.92 bits per heavy atom. The number of hydrogen-bond acceptors (Lipinski definition) is 5. The first kappa shape index (κ1) is 19.9. The molecule has 0 saturated heterocycles. The molecule has 4 aliphatic rings. The summed E-state index contributed by atoms with van der Waals surface area (Å²) in [7, 11) is -5.88. The minimum atomic E-state index is -5.88. The fourth-order valence-corrected chi connectivity index (χ4v) is 5.67. The van der Waals surface area contributed by atoms with E-state index in [4.69, 9.17) is 9.29 Å². The summed E-state index contributed by atoms with van der Waals surface area (Å²) in [6, 6.07) is 0. The summed E-state index contributed by atoms with van der Waals surface area (Å²) in [6.45, 7) is -0.722. The van der Waals surface area contributed by atoms with Gasteiger partial charge in [0.05, 0.1) is 17.6 Å². The van der Waals surface area contributed by atoms with Crippen molar-refractivity contribution in [1.29, 1.82) is 0 Å². The van der Waals surface area contributed by atoms with Crippen LogP contribution in [0.3, 0.4) is 0 Å². The number of fused-ring (bicyclic) bond motifs is 1. The Bertz CT molecular complexity index is 683. The van der Waals surface area contributed by atoms with Gasteiger partial charge in [-0.1, -0.05) is 0 Å². The van der Waals surface area contributed by atoms with Gasteiger partial charge in [0.25, 0.3) is 0 Å². The van der Waals surface area contributed by atoms with E-state index in [0.29, 0.717) is 31.6 Å². The van der Waals surface area contributed by atoms with E-state index in [9.17, 15) is 31.5 Å². The molecule has 0 radical (unpaired) electrons. The average molecular weight is 400 g/mol. The van der Waals surface area contributed by atoms with Gasteiger partial charge in [0.1, 0.15) is 0 Å². The molecule has 4 aliphatic carbocycles. The molecule has 0 spiro atoms. The van der Waals surface area contributed by atoms with Crippen molar-refractivity contribution in [3.05, 3.63) is 0 Å². The van der Waals surface area contributed by atoms with Gasteiger partial charge in [-0.05, 0) is 56.8 Å². The van der Waals surface area contributed by atoms with Crippen LogP contribution in [-0.2, 0) is 19.6 Å². The molecule has 26 heavy (non-hydrogen) atoms. The highest BCUT2D eigenvalue weighted by molar-refractivity contribution is 7.86. The molecular formula is C16H23F3O6S. The molecule has 4 rings (SSSR count).